The molecule has 0 bridgehead atoms. The zero-order chi connectivity index (χ0) is 17.5. The van der Waals surface area contributed by atoms with Gasteiger partial charge >= 0.3 is 0 Å². The van der Waals surface area contributed by atoms with Gasteiger partial charge in [0.15, 0.2) is 0 Å². The van der Waals surface area contributed by atoms with Crippen LogP contribution in [0.25, 0.3) is 22.2 Å². The zero-order valence-electron chi connectivity index (χ0n) is 13.9. The molecule has 0 saturated carbocycles. The van der Waals surface area contributed by atoms with Gasteiger partial charge in [-0.15, -0.1) is 22.7 Å². The van der Waals surface area contributed by atoms with Gasteiger partial charge in [0.05, 0.1) is 22.8 Å². The van der Waals surface area contributed by atoms with E-state index in [0.29, 0.717) is 12.2 Å². The molecule has 2 heterocycles. The minimum Gasteiger partial charge on any atom is -0.494 e. The van der Waals surface area contributed by atoms with E-state index >= 15 is 0 Å². The Morgan fingerprint density at radius 3 is 2.96 bits per heavy atom. The van der Waals surface area contributed by atoms with Crippen molar-refractivity contribution in [1.29, 1.82) is 5.26 Å². The fourth-order valence-electron chi connectivity index (χ4n) is 2.27. The lowest BCUT2D eigenvalue weighted by atomic mass is 10.1. The van der Waals surface area contributed by atoms with Crippen LogP contribution in [0, 0.1) is 11.3 Å². The van der Waals surface area contributed by atoms with E-state index in [0.717, 1.165) is 39.7 Å². The van der Waals surface area contributed by atoms with Crippen molar-refractivity contribution in [2.24, 2.45) is 0 Å². The number of nitriles is 1. The highest BCUT2D eigenvalue weighted by molar-refractivity contribution is 7.14. The number of hydrogen-bond acceptors (Lipinski definition) is 5. The predicted octanol–water partition coefficient (Wildman–Crippen LogP) is 6.11. The topological polar surface area (TPSA) is 45.9 Å². The first kappa shape index (κ1) is 17.4. The summed E-state index contributed by atoms with van der Waals surface area (Å²) < 4.78 is 5.74. The largest absolute Gasteiger partial charge is 0.494 e. The van der Waals surface area contributed by atoms with Crippen LogP contribution in [0.15, 0.2) is 47.2 Å². The molecule has 25 heavy (non-hydrogen) atoms. The highest BCUT2D eigenvalue weighted by atomic mass is 32.1. The van der Waals surface area contributed by atoms with Gasteiger partial charge in [0, 0.05) is 5.38 Å². The molecule has 0 saturated heterocycles. The molecular formula is C20H18N2OS2. The highest BCUT2D eigenvalue weighted by Gasteiger charge is 2.10. The Kier molecular flexibility index (Phi) is 5.99. The molecule has 0 radical (unpaired) electrons. The summed E-state index contributed by atoms with van der Waals surface area (Å²) in [6.45, 7) is 2.85. The van der Waals surface area contributed by atoms with Crippen LogP contribution >= 0.6 is 22.7 Å². The molecule has 0 aliphatic rings. The van der Waals surface area contributed by atoms with Crippen molar-refractivity contribution in [1.82, 2.24) is 4.98 Å². The first-order valence-electron chi connectivity index (χ1n) is 8.14. The minimum absolute atomic E-state index is 0.568. The van der Waals surface area contributed by atoms with E-state index < -0.39 is 0 Å². The maximum atomic E-state index is 9.54. The molecule has 0 amide bonds. The fourth-order valence-corrected chi connectivity index (χ4v) is 3.82. The molecule has 1 aromatic carbocycles. The van der Waals surface area contributed by atoms with Crippen molar-refractivity contribution in [3.05, 3.63) is 57.7 Å². The fraction of sp³-hybridized carbons (Fsp3) is 0.200. The van der Waals surface area contributed by atoms with Crippen LogP contribution in [-0.2, 0) is 0 Å². The second-order valence-corrected chi connectivity index (χ2v) is 7.27. The van der Waals surface area contributed by atoms with E-state index in [1.807, 2.05) is 53.2 Å². The second kappa shape index (κ2) is 8.61. The number of allylic oxidation sites excluding steroid dienone is 1. The number of aromatic nitrogens is 1. The lowest BCUT2D eigenvalue weighted by Gasteiger charge is -2.05. The Morgan fingerprint density at radius 2 is 2.20 bits per heavy atom. The van der Waals surface area contributed by atoms with Gasteiger partial charge in [-0.3, -0.25) is 0 Å². The van der Waals surface area contributed by atoms with Crippen molar-refractivity contribution in [2.45, 2.75) is 19.8 Å². The van der Waals surface area contributed by atoms with Gasteiger partial charge < -0.3 is 4.74 Å². The summed E-state index contributed by atoms with van der Waals surface area (Å²) >= 11 is 3.14. The zero-order valence-corrected chi connectivity index (χ0v) is 15.6. The molecule has 0 spiro atoms. The van der Waals surface area contributed by atoms with E-state index in [1.54, 1.807) is 11.3 Å². The number of ether oxygens (including phenoxy) is 1. The van der Waals surface area contributed by atoms with E-state index in [1.165, 1.54) is 11.3 Å². The molecule has 0 atom stereocenters. The summed E-state index contributed by atoms with van der Waals surface area (Å²) in [5.41, 5.74) is 2.43. The third kappa shape index (κ3) is 4.56. The molecule has 0 aliphatic carbocycles. The molecule has 0 N–H and O–H groups in total. The summed E-state index contributed by atoms with van der Waals surface area (Å²) in [6.07, 6.45) is 4.01. The Balaban J connectivity index is 1.81. The van der Waals surface area contributed by atoms with Crippen LogP contribution < -0.4 is 4.74 Å². The Labute approximate surface area is 155 Å². The van der Waals surface area contributed by atoms with Gasteiger partial charge in [-0.1, -0.05) is 31.5 Å². The highest BCUT2D eigenvalue weighted by Crippen LogP contribution is 2.30. The number of rotatable bonds is 7. The van der Waals surface area contributed by atoms with Crippen molar-refractivity contribution in [3.63, 3.8) is 0 Å². The van der Waals surface area contributed by atoms with Gasteiger partial charge in [-0.2, -0.15) is 5.26 Å². The van der Waals surface area contributed by atoms with Crippen LogP contribution in [0.5, 0.6) is 5.75 Å². The summed E-state index contributed by atoms with van der Waals surface area (Å²) in [5, 5.41) is 14.3. The number of nitrogens with zero attached hydrogens (tertiary/aromatic N) is 2. The molecule has 0 unspecified atom stereocenters. The number of benzene rings is 1. The van der Waals surface area contributed by atoms with E-state index in [2.05, 4.69) is 18.0 Å². The molecular weight excluding hydrogens is 348 g/mol. The van der Waals surface area contributed by atoms with Crippen LogP contribution in [0.4, 0.5) is 0 Å². The SMILES string of the molecule is CCCCOc1cccc(/C=C(/C#N)c2nc(-c3cccs3)cs2)c1. The summed E-state index contributed by atoms with van der Waals surface area (Å²) in [4.78, 5) is 5.73. The first-order chi connectivity index (χ1) is 12.3. The molecule has 0 aliphatic heterocycles. The Bertz CT molecular complexity index is 889. The maximum Gasteiger partial charge on any atom is 0.134 e. The van der Waals surface area contributed by atoms with Crippen LogP contribution in [0.2, 0.25) is 0 Å². The quantitative estimate of drug-likeness (QED) is 0.374. The summed E-state index contributed by atoms with van der Waals surface area (Å²) in [6, 6.07) is 14.1. The molecule has 3 nitrogen and oxygen atoms in total. The van der Waals surface area contributed by atoms with Gasteiger partial charge in [0.1, 0.15) is 16.8 Å². The van der Waals surface area contributed by atoms with Crippen molar-refractivity contribution >= 4 is 34.3 Å². The van der Waals surface area contributed by atoms with Gasteiger partial charge in [-0.05, 0) is 41.6 Å². The van der Waals surface area contributed by atoms with Crippen LogP contribution in [0.1, 0.15) is 30.3 Å². The Hall–Kier alpha value is -2.42. The van der Waals surface area contributed by atoms with Crippen molar-refractivity contribution in [2.75, 3.05) is 6.61 Å². The molecule has 2 aromatic heterocycles. The number of thiophene rings is 1. The first-order valence-corrected chi connectivity index (χ1v) is 9.90. The third-order valence-electron chi connectivity index (χ3n) is 3.56. The summed E-state index contributed by atoms with van der Waals surface area (Å²) in [5.74, 6) is 0.831. The number of unbranched alkanes of at least 4 members (excludes halogenated alkanes) is 1. The molecule has 126 valence electrons. The average Bonchev–Trinajstić information content (AvgIpc) is 3.31. The van der Waals surface area contributed by atoms with Gasteiger partial charge in [-0.25, -0.2) is 4.98 Å². The number of thiazole rings is 1. The number of hydrogen-bond donors (Lipinski definition) is 0. The van der Waals surface area contributed by atoms with Gasteiger partial charge in [0.2, 0.25) is 0 Å². The second-order valence-electron chi connectivity index (χ2n) is 5.46. The smallest absolute Gasteiger partial charge is 0.134 e. The average molecular weight is 367 g/mol. The lowest BCUT2D eigenvalue weighted by molar-refractivity contribution is 0.309. The third-order valence-corrected chi connectivity index (χ3v) is 5.33. The van der Waals surface area contributed by atoms with E-state index in [9.17, 15) is 5.26 Å². The predicted molar refractivity (Wildman–Crippen MR) is 106 cm³/mol. The van der Waals surface area contributed by atoms with Crippen molar-refractivity contribution in [3.8, 4) is 22.4 Å². The van der Waals surface area contributed by atoms with E-state index in [-0.39, 0.29) is 0 Å². The van der Waals surface area contributed by atoms with E-state index in [4.69, 9.17) is 4.74 Å². The standard InChI is InChI=1S/C20H18N2OS2/c1-2-3-9-23-17-7-4-6-15(12-17)11-16(13-21)20-22-18(14-25-20)19-8-5-10-24-19/h4-8,10-12,14H,2-3,9H2,1H3/b16-11-. The monoisotopic (exact) mass is 366 g/mol. The normalized spacial score (nSPS) is 11.3. The molecule has 0 fully saturated rings. The summed E-state index contributed by atoms with van der Waals surface area (Å²) in [7, 11) is 0. The van der Waals surface area contributed by atoms with Crippen LogP contribution in [-0.4, -0.2) is 11.6 Å². The van der Waals surface area contributed by atoms with Crippen molar-refractivity contribution < 1.29 is 4.74 Å². The maximum absolute atomic E-state index is 9.54. The molecule has 3 rings (SSSR count). The minimum atomic E-state index is 0.568. The molecule has 3 aromatic rings. The lowest BCUT2D eigenvalue weighted by Crippen LogP contribution is -1.96. The Morgan fingerprint density at radius 1 is 1.28 bits per heavy atom. The van der Waals surface area contributed by atoms with Gasteiger partial charge in [0.25, 0.3) is 0 Å². The molecule has 5 heteroatoms. The van der Waals surface area contributed by atoms with Crippen LogP contribution in [0.3, 0.4) is 0 Å².